The zero-order chi connectivity index (χ0) is 19.8. The molecule has 2 aliphatic heterocycles. The van der Waals surface area contributed by atoms with E-state index in [4.69, 9.17) is 4.74 Å². The second kappa shape index (κ2) is 10.3. The van der Waals surface area contributed by atoms with Crippen LogP contribution in [0.4, 0.5) is 16.2 Å². The molecule has 0 spiro atoms. The number of hydrogen-bond acceptors (Lipinski definition) is 5. The lowest BCUT2D eigenvalue weighted by Crippen LogP contribution is -2.41. The van der Waals surface area contributed by atoms with E-state index in [1.165, 1.54) is 0 Å². The Morgan fingerprint density at radius 1 is 1.07 bits per heavy atom. The highest BCUT2D eigenvalue weighted by molar-refractivity contribution is 6.02. The van der Waals surface area contributed by atoms with Crippen LogP contribution in [-0.2, 0) is 4.74 Å². The van der Waals surface area contributed by atoms with Crippen molar-refractivity contribution in [3.8, 4) is 0 Å². The first-order valence-corrected chi connectivity index (χ1v) is 10.2. The average Bonchev–Trinajstić information content (AvgIpc) is 3.23. The summed E-state index contributed by atoms with van der Waals surface area (Å²) in [6, 6.07) is 5.29. The molecule has 2 fully saturated rings. The fraction of sp³-hybridized carbons (Fsp3) is 0.600. The molecule has 28 heavy (non-hydrogen) atoms. The molecule has 2 aliphatic rings. The Bertz CT molecular complexity index is 670. The summed E-state index contributed by atoms with van der Waals surface area (Å²) in [7, 11) is 0. The van der Waals surface area contributed by atoms with E-state index in [2.05, 4.69) is 25.8 Å². The van der Waals surface area contributed by atoms with E-state index in [9.17, 15) is 9.59 Å². The van der Waals surface area contributed by atoms with Gasteiger partial charge >= 0.3 is 6.03 Å². The van der Waals surface area contributed by atoms with Crippen molar-refractivity contribution in [2.24, 2.45) is 0 Å². The molecular formula is C20H31N5O3. The number of urea groups is 1. The summed E-state index contributed by atoms with van der Waals surface area (Å²) in [5.74, 6) is -0.102. The number of rotatable bonds is 7. The van der Waals surface area contributed by atoms with Crippen molar-refractivity contribution in [2.75, 3.05) is 69.2 Å². The van der Waals surface area contributed by atoms with Crippen LogP contribution in [-0.4, -0.2) is 75.9 Å². The number of anilines is 2. The highest BCUT2D eigenvalue weighted by atomic mass is 16.5. The van der Waals surface area contributed by atoms with Crippen LogP contribution in [0, 0.1) is 0 Å². The Morgan fingerprint density at radius 3 is 2.54 bits per heavy atom. The van der Waals surface area contributed by atoms with Gasteiger partial charge in [-0.05, 0) is 38.0 Å². The lowest BCUT2D eigenvalue weighted by atomic mass is 10.1. The standard InChI is InChI=1S/C20H31N5O3/c1-2-21-20(27)23-16-5-6-18(25-8-3-4-9-25)17(15-16)19(26)22-7-10-24-11-13-28-14-12-24/h5-6,15H,2-4,7-14H2,1H3,(H,22,26)(H2,21,23,27). The second-order valence-corrected chi connectivity index (χ2v) is 7.12. The summed E-state index contributed by atoms with van der Waals surface area (Å²) >= 11 is 0. The number of nitrogens with one attached hydrogen (secondary N) is 3. The van der Waals surface area contributed by atoms with Crippen molar-refractivity contribution in [3.05, 3.63) is 23.8 Å². The third-order valence-electron chi connectivity index (χ3n) is 5.10. The van der Waals surface area contributed by atoms with Gasteiger partial charge in [0.2, 0.25) is 0 Å². The first-order chi connectivity index (χ1) is 13.7. The molecule has 8 nitrogen and oxygen atoms in total. The lowest BCUT2D eigenvalue weighted by molar-refractivity contribution is 0.0383. The molecule has 3 amide bonds. The third-order valence-corrected chi connectivity index (χ3v) is 5.10. The topological polar surface area (TPSA) is 85.9 Å². The van der Waals surface area contributed by atoms with Gasteiger partial charge < -0.3 is 25.6 Å². The molecule has 0 aromatic heterocycles. The van der Waals surface area contributed by atoms with Gasteiger partial charge in [-0.25, -0.2) is 4.79 Å². The van der Waals surface area contributed by atoms with E-state index >= 15 is 0 Å². The molecule has 2 saturated heterocycles. The van der Waals surface area contributed by atoms with Crippen molar-refractivity contribution >= 4 is 23.3 Å². The highest BCUT2D eigenvalue weighted by Gasteiger charge is 2.20. The van der Waals surface area contributed by atoms with Gasteiger partial charge in [0.15, 0.2) is 0 Å². The molecule has 154 valence electrons. The van der Waals surface area contributed by atoms with Crippen LogP contribution in [0.1, 0.15) is 30.1 Å². The predicted octanol–water partition coefficient (Wildman–Crippen LogP) is 1.49. The van der Waals surface area contributed by atoms with Crippen molar-refractivity contribution in [2.45, 2.75) is 19.8 Å². The first-order valence-electron chi connectivity index (χ1n) is 10.2. The SMILES string of the molecule is CCNC(=O)Nc1ccc(N2CCCC2)c(C(=O)NCCN2CCOCC2)c1. The lowest BCUT2D eigenvalue weighted by Gasteiger charge is -2.26. The van der Waals surface area contributed by atoms with Crippen LogP contribution in [0.5, 0.6) is 0 Å². The van der Waals surface area contributed by atoms with Crippen molar-refractivity contribution in [1.29, 1.82) is 0 Å². The molecule has 1 aromatic carbocycles. The van der Waals surface area contributed by atoms with Gasteiger partial charge in [0.25, 0.3) is 5.91 Å². The number of carbonyl (C=O) groups is 2. The fourth-order valence-electron chi connectivity index (χ4n) is 3.61. The van der Waals surface area contributed by atoms with Crippen LogP contribution >= 0.6 is 0 Å². The number of benzene rings is 1. The van der Waals surface area contributed by atoms with E-state index < -0.39 is 0 Å². The fourth-order valence-corrected chi connectivity index (χ4v) is 3.61. The Labute approximate surface area is 166 Å². The second-order valence-electron chi connectivity index (χ2n) is 7.12. The molecular weight excluding hydrogens is 358 g/mol. The van der Waals surface area contributed by atoms with Crippen LogP contribution in [0.3, 0.4) is 0 Å². The van der Waals surface area contributed by atoms with Crippen LogP contribution in [0.15, 0.2) is 18.2 Å². The van der Waals surface area contributed by atoms with Gasteiger partial charge in [0.05, 0.1) is 18.8 Å². The molecule has 8 heteroatoms. The zero-order valence-electron chi connectivity index (χ0n) is 16.6. The normalized spacial score (nSPS) is 17.4. The molecule has 0 atom stereocenters. The van der Waals surface area contributed by atoms with Crippen molar-refractivity contribution < 1.29 is 14.3 Å². The summed E-state index contributed by atoms with van der Waals surface area (Å²) in [5, 5.41) is 8.54. The molecule has 3 N–H and O–H groups in total. The molecule has 0 aliphatic carbocycles. The first kappa shape index (κ1) is 20.4. The predicted molar refractivity (Wildman–Crippen MR) is 110 cm³/mol. The number of hydrogen-bond donors (Lipinski definition) is 3. The van der Waals surface area contributed by atoms with Crippen molar-refractivity contribution in [3.63, 3.8) is 0 Å². The van der Waals surface area contributed by atoms with Crippen LogP contribution in [0.25, 0.3) is 0 Å². The van der Waals surface area contributed by atoms with Crippen molar-refractivity contribution in [1.82, 2.24) is 15.5 Å². The van der Waals surface area contributed by atoms with E-state index in [1.807, 2.05) is 19.1 Å². The van der Waals surface area contributed by atoms with Crippen LogP contribution in [0.2, 0.25) is 0 Å². The minimum absolute atomic E-state index is 0.102. The maximum absolute atomic E-state index is 12.9. The molecule has 0 saturated carbocycles. The number of amides is 3. The van der Waals surface area contributed by atoms with Gasteiger partial charge in [-0.1, -0.05) is 0 Å². The number of ether oxygens (including phenoxy) is 1. The summed E-state index contributed by atoms with van der Waals surface area (Å²) < 4.78 is 5.36. The Kier molecular flexibility index (Phi) is 7.50. The van der Waals surface area contributed by atoms with E-state index in [1.54, 1.807) is 6.07 Å². The Balaban J connectivity index is 1.67. The quantitative estimate of drug-likeness (QED) is 0.658. The summed E-state index contributed by atoms with van der Waals surface area (Å²) in [5.41, 5.74) is 2.16. The van der Waals surface area contributed by atoms with E-state index in [-0.39, 0.29) is 11.9 Å². The average molecular weight is 390 g/mol. The molecule has 3 rings (SSSR count). The number of morpholine rings is 1. The van der Waals surface area contributed by atoms with Crippen LogP contribution < -0.4 is 20.9 Å². The molecule has 0 bridgehead atoms. The minimum atomic E-state index is -0.268. The van der Waals surface area contributed by atoms with Gasteiger partial charge in [0, 0.05) is 57.2 Å². The van der Waals surface area contributed by atoms with Gasteiger partial charge in [0.1, 0.15) is 0 Å². The number of nitrogens with zero attached hydrogens (tertiary/aromatic N) is 2. The summed E-state index contributed by atoms with van der Waals surface area (Å²) in [4.78, 5) is 29.3. The smallest absolute Gasteiger partial charge is 0.319 e. The maximum Gasteiger partial charge on any atom is 0.319 e. The largest absolute Gasteiger partial charge is 0.379 e. The monoisotopic (exact) mass is 389 g/mol. The van der Waals surface area contributed by atoms with E-state index in [0.29, 0.717) is 24.3 Å². The highest BCUT2D eigenvalue weighted by Crippen LogP contribution is 2.27. The Hall–Kier alpha value is -2.32. The molecule has 2 heterocycles. The Morgan fingerprint density at radius 2 is 1.82 bits per heavy atom. The summed E-state index contributed by atoms with van der Waals surface area (Å²) in [6.07, 6.45) is 2.27. The van der Waals surface area contributed by atoms with Gasteiger partial charge in [-0.15, -0.1) is 0 Å². The number of carbonyl (C=O) groups excluding carboxylic acids is 2. The zero-order valence-corrected chi connectivity index (χ0v) is 16.6. The minimum Gasteiger partial charge on any atom is -0.379 e. The maximum atomic E-state index is 12.9. The van der Waals surface area contributed by atoms with Gasteiger partial charge in [-0.2, -0.15) is 0 Å². The third kappa shape index (κ3) is 5.59. The van der Waals surface area contributed by atoms with E-state index in [0.717, 1.165) is 64.5 Å². The van der Waals surface area contributed by atoms with Gasteiger partial charge in [-0.3, -0.25) is 9.69 Å². The molecule has 1 aromatic rings. The summed E-state index contributed by atoms with van der Waals surface area (Å²) in [6.45, 7) is 9.03. The molecule has 0 unspecified atom stereocenters. The molecule has 0 radical (unpaired) electrons.